The molecule has 0 saturated heterocycles. The van der Waals surface area contributed by atoms with Crippen LogP contribution in [0.5, 0.6) is 0 Å². The molecule has 0 aromatic heterocycles. The molecule has 0 spiro atoms. The number of alkyl halides is 10. The van der Waals surface area contributed by atoms with Crippen molar-refractivity contribution in [3.63, 3.8) is 0 Å². The smallest absolute Gasteiger partial charge is 0.212 e. The molecule has 0 radical (unpaired) electrons. The standard InChI is InChI=1S/C7ClF13O2S/c8-4(14,3(12,13)1(9)2(10)11)5(15,16)6(17,7(18,19)20)24(21,22)23. The first-order chi connectivity index (χ1) is 10.1. The predicted molar refractivity (Wildman–Crippen MR) is 49.9 cm³/mol. The summed E-state index contributed by atoms with van der Waals surface area (Å²) in [5.41, 5.74) is 0. The van der Waals surface area contributed by atoms with Crippen LogP contribution in [0.15, 0.2) is 11.9 Å². The van der Waals surface area contributed by atoms with E-state index < -0.39 is 50.3 Å². The maximum absolute atomic E-state index is 13.3. The lowest BCUT2D eigenvalue weighted by Gasteiger charge is -2.39. The van der Waals surface area contributed by atoms with Gasteiger partial charge in [0, 0.05) is 0 Å². The normalized spacial score (nSPS) is 19.4. The minimum Gasteiger partial charge on any atom is -0.212 e. The molecule has 0 aliphatic heterocycles. The zero-order valence-corrected chi connectivity index (χ0v) is 11.6. The van der Waals surface area contributed by atoms with Gasteiger partial charge in [0.25, 0.3) is 0 Å². The topological polar surface area (TPSA) is 34.1 Å². The molecular formula is C7ClF13O2S. The molecule has 0 N–H and O–H groups in total. The summed E-state index contributed by atoms with van der Waals surface area (Å²) in [6.45, 7) is 0. The second-order valence-corrected chi connectivity index (χ2v) is 5.79. The lowest BCUT2D eigenvalue weighted by atomic mass is 10.0. The average molecular weight is 431 g/mol. The summed E-state index contributed by atoms with van der Waals surface area (Å²) in [7, 11) is -8.29. The van der Waals surface area contributed by atoms with Crippen molar-refractivity contribution in [2.45, 2.75) is 28.2 Å². The van der Waals surface area contributed by atoms with E-state index in [1.807, 2.05) is 0 Å². The van der Waals surface area contributed by atoms with Gasteiger partial charge in [0.1, 0.15) is 0 Å². The Labute approximate surface area is 128 Å². The van der Waals surface area contributed by atoms with E-state index in [0.29, 0.717) is 0 Å². The van der Waals surface area contributed by atoms with Gasteiger partial charge in [-0.15, -0.1) is 3.89 Å². The highest BCUT2D eigenvalue weighted by Crippen LogP contribution is 2.61. The van der Waals surface area contributed by atoms with Crippen LogP contribution < -0.4 is 0 Å². The van der Waals surface area contributed by atoms with Gasteiger partial charge in [0.2, 0.25) is 5.83 Å². The summed E-state index contributed by atoms with van der Waals surface area (Å²) in [6, 6.07) is 0. The molecule has 0 aliphatic carbocycles. The monoisotopic (exact) mass is 430 g/mol. The molecule has 0 aromatic rings. The summed E-state index contributed by atoms with van der Waals surface area (Å²) in [4.78, 5) is 0. The van der Waals surface area contributed by atoms with E-state index in [2.05, 4.69) is 11.6 Å². The van der Waals surface area contributed by atoms with Gasteiger partial charge in [-0.2, -0.15) is 52.3 Å². The summed E-state index contributed by atoms with van der Waals surface area (Å²) in [5, 5.41) is -14.9. The first-order valence-corrected chi connectivity index (χ1v) is 6.41. The van der Waals surface area contributed by atoms with E-state index in [4.69, 9.17) is 0 Å². The van der Waals surface area contributed by atoms with E-state index in [-0.39, 0.29) is 0 Å². The molecule has 0 fully saturated rings. The highest BCUT2D eigenvalue weighted by molar-refractivity contribution is 7.87. The van der Waals surface area contributed by atoms with Crippen LogP contribution in [0.2, 0.25) is 0 Å². The Balaban J connectivity index is 6.86. The number of halogens is 14. The fraction of sp³-hybridized carbons (Fsp3) is 0.714. The predicted octanol–water partition coefficient (Wildman–Crippen LogP) is 4.77. The third kappa shape index (κ3) is 2.90. The summed E-state index contributed by atoms with van der Waals surface area (Å²) < 4.78 is 184. The Morgan fingerprint density at radius 1 is 0.792 bits per heavy atom. The molecule has 2 unspecified atom stereocenters. The lowest BCUT2D eigenvalue weighted by Crippen LogP contribution is -2.70. The molecule has 24 heavy (non-hydrogen) atoms. The third-order valence-corrected chi connectivity index (χ3v) is 3.97. The molecule has 2 nitrogen and oxygen atoms in total. The molecule has 0 saturated carbocycles. The minimum absolute atomic E-state index is 3.61. The van der Waals surface area contributed by atoms with E-state index in [1.165, 1.54) is 0 Å². The van der Waals surface area contributed by atoms with Gasteiger partial charge in [-0.1, -0.05) is 11.6 Å². The zero-order valence-electron chi connectivity index (χ0n) is 10.0. The van der Waals surface area contributed by atoms with Crippen LogP contribution in [-0.2, 0) is 10.2 Å². The Bertz CT molecular complexity index is 631. The molecule has 0 rings (SSSR count). The highest BCUT2D eigenvalue weighted by Gasteiger charge is 2.90. The van der Waals surface area contributed by atoms with Gasteiger partial charge in [-0.25, -0.2) is 8.78 Å². The Morgan fingerprint density at radius 2 is 1.12 bits per heavy atom. The second-order valence-electron chi connectivity index (χ2n) is 3.83. The highest BCUT2D eigenvalue weighted by atomic mass is 35.5. The van der Waals surface area contributed by atoms with Crippen LogP contribution in [0.3, 0.4) is 0 Å². The molecule has 0 heterocycles. The van der Waals surface area contributed by atoms with Crippen molar-refractivity contribution in [1.82, 2.24) is 0 Å². The van der Waals surface area contributed by atoms with E-state index in [9.17, 15) is 65.0 Å². The van der Waals surface area contributed by atoms with Crippen molar-refractivity contribution in [3.8, 4) is 0 Å². The quantitative estimate of drug-likeness (QED) is 0.358. The van der Waals surface area contributed by atoms with Crippen LogP contribution in [-0.4, -0.2) is 36.6 Å². The summed E-state index contributed by atoms with van der Waals surface area (Å²) in [5.74, 6) is -19.4. The molecule has 0 bridgehead atoms. The summed E-state index contributed by atoms with van der Waals surface area (Å²) >= 11 is 3.61. The van der Waals surface area contributed by atoms with Gasteiger partial charge in [0.05, 0.1) is 0 Å². The summed E-state index contributed by atoms with van der Waals surface area (Å²) in [6.07, 6.45) is -11.9. The number of rotatable bonds is 5. The van der Waals surface area contributed by atoms with Crippen molar-refractivity contribution >= 4 is 21.8 Å². The molecular weight excluding hydrogens is 431 g/mol. The zero-order chi connectivity index (χ0) is 20.2. The van der Waals surface area contributed by atoms with Crippen molar-refractivity contribution in [3.05, 3.63) is 11.9 Å². The van der Waals surface area contributed by atoms with Crippen LogP contribution in [0.4, 0.5) is 56.6 Å². The largest absolute Gasteiger partial charge is 0.446 e. The number of allylic oxidation sites excluding steroid dienone is 1. The Morgan fingerprint density at radius 3 is 1.33 bits per heavy atom. The van der Waals surface area contributed by atoms with Gasteiger partial charge < -0.3 is 0 Å². The molecule has 0 aliphatic rings. The third-order valence-electron chi connectivity index (χ3n) is 2.33. The maximum Gasteiger partial charge on any atom is 0.446 e. The Hall–Kier alpha value is -0.930. The second kappa shape index (κ2) is 5.81. The first kappa shape index (κ1) is 23.1. The van der Waals surface area contributed by atoms with Crippen molar-refractivity contribution in [2.75, 3.05) is 0 Å². The molecule has 2 atom stereocenters. The van der Waals surface area contributed by atoms with E-state index in [1.54, 1.807) is 0 Å². The van der Waals surface area contributed by atoms with Gasteiger partial charge in [-0.3, -0.25) is 0 Å². The molecule has 144 valence electrons. The number of hydrogen-bond donors (Lipinski definition) is 0. The molecule has 0 amide bonds. The molecule has 0 aromatic carbocycles. The first-order valence-electron chi connectivity index (χ1n) is 4.65. The Kier molecular flexibility index (Phi) is 5.58. The lowest BCUT2D eigenvalue weighted by molar-refractivity contribution is -0.308. The van der Waals surface area contributed by atoms with E-state index in [0.717, 1.165) is 0 Å². The van der Waals surface area contributed by atoms with Crippen molar-refractivity contribution < 1.29 is 65.0 Å². The van der Waals surface area contributed by atoms with Crippen LogP contribution in [0.25, 0.3) is 0 Å². The number of hydrogen-bond acceptors (Lipinski definition) is 2. The van der Waals surface area contributed by atoms with Crippen LogP contribution >= 0.6 is 11.6 Å². The van der Waals surface area contributed by atoms with E-state index >= 15 is 0 Å². The molecule has 17 heteroatoms. The SMILES string of the molecule is O=S(=O)(F)C(F)(C(F)(F)F)C(F)(F)C(F)(Cl)C(F)(F)C(F)=C(F)F. The fourth-order valence-electron chi connectivity index (χ4n) is 1.12. The van der Waals surface area contributed by atoms with Gasteiger partial charge >= 0.3 is 44.5 Å². The van der Waals surface area contributed by atoms with Gasteiger partial charge in [-0.05, 0) is 0 Å². The minimum atomic E-state index is -8.29. The van der Waals surface area contributed by atoms with Crippen molar-refractivity contribution in [1.29, 1.82) is 0 Å². The van der Waals surface area contributed by atoms with Crippen LogP contribution in [0.1, 0.15) is 0 Å². The van der Waals surface area contributed by atoms with Crippen molar-refractivity contribution in [2.24, 2.45) is 0 Å². The average Bonchev–Trinajstić information content (AvgIpc) is 2.32. The van der Waals surface area contributed by atoms with Gasteiger partial charge in [0.15, 0.2) is 0 Å². The fourth-order valence-corrected chi connectivity index (χ4v) is 2.12. The van der Waals surface area contributed by atoms with Crippen LogP contribution in [0, 0.1) is 0 Å². The maximum atomic E-state index is 13.3.